The number of carbonyl (C=O) groups is 1. The molecule has 0 radical (unpaired) electrons. The number of hydrogen-bond donors (Lipinski definition) is 2. The van der Waals surface area contributed by atoms with Gasteiger partial charge in [-0.05, 0) is 18.2 Å². The zero-order valence-corrected chi connectivity index (χ0v) is 9.87. The van der Waals surface area contributed by atoms with E-state index in [0.29, 0.717) is 28.9 Å². The summed E-state index contributed by atoms with van der Waals surface area (Å²) in [6.07, 6.45) is 0. The monoisotopic (exact) mass is 256 g/mol. The Morgan fingerprint density at radius 3 is 2.88 bits per heavy atom. The lowest BCUT2D eigenvalue weighted by Crippen LogP contribution is -2.32. The first kappa shape index (κ1) is 12.2. The van der Waals surface area contributed by atoms with E-state index in [1.54, 1.807) is 18.2 Å². The molecule has 6 heteroatoms. The smallest absolute Gasteiger partial charge is 0.266 e. The highest BCUT2D eigenvalue weighted by Crippen LogP contribution is 2.23. The van der Waals surface area contributed by atoms with Crippen molar-refractivity contribution in [3.8, 4) is 5.75 Å². The molecule has 1 fully saturated rings. The maximum absolute atomic E-state index is 11.3. The van der Waals surface area contributed by atoms with E-state index in [2.05, 4.69) is 0 Å². The van der Waals surface area contributed by atoms with Crippen LogP contribution in [0.5, 0.6) is 5.75 Å². The number of hydrazine groups is 1. The number of nitrogens with one attached hydrogen (secondary N) is 1. The summed E-state index contributed by atoms with van der Waals surface area (Å²) in [5, 5.41) is 0.315. The van der Waals surface area contributed by atoms with Crippen LogP contribution in [-0.4, -0.2) is 25.7 Å². The molecule has 2 rings (SSSR count). The topological polar surface area (TPSA) is 73.6 Å². The standard InChI is InChI=1S/C11H13ClN2O3/c12-10-3-8(17-6-7-4-16-5-7)1-2-9(10)11(15)14-13/h1-3,7H,4-6,13H2,(H,14,15). The largest absolute Gasteiger partial charge is 0.493 e. The molecule has 1 heterocycles. The Morgan fingerprint density at radius 1 is 1.59 bits per heavy atom. The summed E-state index contributed by atoms with van der Waals surface area (Å²) >= 11 is 5.95. The minimum Gasteiger partial charge on any atom is -0.493 e. The Balaban J connectivity index is 1.99. The number of halogens is 1. The lowest BCUT2D eigenvalue weighted by Gasteiger charge is -2.25. The highest BCUT2D eigenvalue weighted by Gasteiger charge is 2.19. The number of ether oxygens (including phenoxy) is 2. The van der Waals surface area contributed by atoms with Crippen LogP contribution in [0.2, 0.25) is 5.02 Å². The third-order valence-electron chi connectivity index (χ3n) is 2.51. The Bertz CT molecular complexity index is 421. The first-order valence-electron chi connectivity index (χ1n) is 5.21. The number of benzene rings is 1. The molecule has 0 spiro atoms. The minimum atomic E-state index is -0.422. The Kier molecular flexibility index (Phi) is 3.83. The molecule has 1 saturated heterocycles. The van der Waals surface area contributed by atoms with Gasteiger partial charge >= 0.3 is 0 Å². The van der Waals surface area contributed by atoms with Gasteiger partial charge in [0.15, 0.2) is 0 Å². The van der Waals surface area contributed by atoms with Gasteiger partial charge in [0.25, 0.3) is 5.91 Å². The summed E-state index contributed by atoms with van der Waals surface area (Å²) in [5.41, 5.74) is 2.36. The molecule has 92 valence electrons. The summed E-state index contributed by atoms with van der Waals surface area (Å²) in [7, 11) is 0. The average Bonchev–Trinajstić information content (AvgIpc) is 2.26. The number of hydrogen-bond acceptors (Lipinski definition) is 4. The molecule has 3 N–H and O–H groups in total. The number of nitrogen functional groups attached to an aromatic ring is 1. The maximum Gasteiger partial charge on any atom is 0.266 e. The van der Waals surface area contributed by atoms with Gasteiger partial charge in [0, 0.05) is 5.92 Å². The first-order valence-corrected chi connectivity index (χ1v) is 5.59. The first-order chi connectivity index (χ1) is 8.20. The van der Waals surface area contributed by atoms with E-state index in [1.807, 2.05) is 5.43 Å². The van der Waals surface area contributed by atoms with Gasteiger partial charge < -0.3 is 9.47 Å². The molecule has 1 aromatic carbocycles. The molecule has 0 aromatic heterocycles. The van der Waals surface area contributed by atoms with Crippen LogP contribution in [0.1, 0.15) is 10.4 Å². The van der Waals surface area contributed by atoms with E-state index in [4.69, 9.17) is 26.9 Å². The molecule has 0 unspecified atom stereocenters. The van der Waals surface area contributed by atoms with Crippen LogP contribution in [0, 0.1) is 5.92 Å². The molecule has 0 aliphatic carbocycles. The van der Waals surface area contributed by atoms with Crippen molar-refractivity contribution in [2.75, 3.05) is 19.8 Å². The van der Waals surface area contributed by atoms with Crippen molar-refractivity contribution in [2.24, 2.45) is 11.8 Å². The van der Waals surface area contributed by atoms with Crippen LogP contribution in [0.4, 0.5) is 0 Å². The Hall–Kier alpha value is -1.30. The molecule has 0 saturated carbocycles. The number of rotatable bonds is 4. The second-order valence-electron chi connectivity index (χ2n) is 3.83. The fourth-order valence-electron chi connectivity index (χ4n) is 1.44. The van der Waals surface area contributed by atoms with E-state index >= 15 is 0 Å². The van der Waals surface area contributed by atoms with Crippen LogP contribution in [-0.2, 0) is 4.74 Å². The maximum atomic E-state index is 11.3. The lowest BCUT2D eigenvalue weighted by molar-refractivity contribution is -0.0508. The van der Waals surface area contributed by atoms with Gasteiger partial charge in [0.1, 0.15) is 5.75 Å². The van der Waals surface area contributed by atoms with E-state index in [9.17, 15) is 4.79 Å². The van der Waals surface area contributed by atoms with Crippen LogP contribution < -0.4 is 16.0 Å². The second kappa shape index (κ2) is 5.35. The molecule has 1 amide bonds. The van der Waals surface area contributed by atoms with E-state index < -0.39 is 5.91 Å². The Labute approximate surface area is 104 Å². The predicted molar refractivity (Wildman–Crippen MR) is 62.9 cm³/mol. The summed E-state index contributed by atoms with van der Waals surface area (Å²) in [5.74, 6) is 5.69. The number of amides is 1. The zero-order chi connectivity index (χ0) is 12.3. The fourth-order valence-corrected chi connectivity index (χ4v) is 1.70. The third-order valence-corrected chi connectivity index (χ3v) is 2.82. The van der Waals surface area contributed by atoms with Crippen molar-refractivity contribution < 1.29 is 14.3 Å². The van der Waals surface area contributed by atoms with Crippen molar-refractivity contribution in [1.29, 1.82) is 0 Å². The molecular formula is C11H13ClN2O3. The van der Waals surface area contributed by atoms with Gasteiger partial charge in [0.2, 0.25) is 0 Å². The average molecular weight is 257 g/mol. The van der Waals surface area contributed by atoms with Crippen LogP contribution in [0.15, 0.2) is 18.2 Å². The van der Waals surface area contributed by atoms with Crippen molar-refractivity contribution in [1.82, 2.24) is 5.43 Å². The molecular weight excluding hydrogens is 244 g/mol. The number of carbonyl (C=O) groups excluding carboxylic acids is 1. The van der Waals surface area contributed by atoms with Gasteiger partial charge in [0.05, 0.1) is 30.4 Å². The van der Waals surface area contributed by atoms with Gasteiger partial charge in [-0.1, -0.05) is 11.6 Å². The zero-order valence-electron chi connectivity index (χ0n) is 9.11. The number of nitrogens with two attached hydrogens (primary N) is 1. The molecule has 1 aliphatic heterocycles. The SMILES string of the molecule is NNC(=O)c1ccc(OCC2COC2)cc1Cl. The highest BCUT2D eigenvalue weighted by molar-refractivity contribution is 6.34. The molecule has 5 nitrogen and oxygen atoms in total. The summed E-state index contributed by atoms with van der Waals surface area (Å²) < 4.78 is 10.6. The summed E-state index contributed by atoms with van der Waals surface area (Å²) in [6.45, 7) is 2.07. The van der Waals surface area contributed by atoms with Crippen LogP contribution >= 0.6 is 11.6 Å². The fraction of sp³-hybridized carbons (Fsp3) is 0.364. The Morgan fingerprint density at radius 2 is 2.35 bits per heavy atom. The minimum absolute atomic E-state index is 0.315. The normalized spacial score (nSPS) is 15.2. The lowest BCUT2D eigenvalue weighted by atomic mass is 10.1. The van der Waals surface area contributed by atoms with Gasteiger partial charge in [-0.25, -0.2) is 5.84 Å². The molecule has 17 heavy (non-hydrogen) atoms. The van der Waals surface area contributed by atoms with Gasteiger partial charge in [-0.2, -0.15) is 0 Å². The van der Waals surface area contributed by atoms with E-state index in [1.165, 1.54) is 0 Å². The second-order valence-corrected chi connectivity index (χ2v) is 4.24. The molecule has 0 bridgehead atoms. The predicted octanol–water partition coefficient (Wildman–Crippen LogP) is 0.969. The highest BCUT2D eigenvalue weighted by atomic mass is 35.5. The van der Waals surface area contributed by atoms with E-state index in [0.717, 1.165) is 13.2 Å². The van der Waals surface area contributed by atoms with Crippen molar-refractivity contribution in [3.05, 3.63) is 28.8 Å². The van der Waals surface area contributed by atoms with Crippen LogP contribution in [0.25, 0.3) is 0 Å². The van der Waals surface area contributed by atoms with E-state index in [-0.39, 0.29) is 0 Å². The van der Waals surface area contributed by atoms with Gasteiger partial charge in [-0.3, -0.25) is 10.2 Å². The van der Waals surface area contributed by atoms with Crippen LogP contribution in [0.3, 0.4) is 0 Å². The third kappa shape index (κ3) is 2.88. The molecule has 1 aromatic rings. The summed E-state index contributed by atoms with van der Waals surface area (Å²) in [4.78, 5) is 11.3. The quantitative estimate of drug-likeness (QED) is 0.478. The summed E-state index contributed by atoms with van der Waals surface area (Å²) in [6, 6.07) is 4.87. The molecule has 0 atom stereocenters. The van der Waals surface area contributed by atoms with Gasteiger partial charge in [-0.15, -0.1) is 0 Å². The van der Waals surface area contributed by atoms with Crippen molar-refractivity contribution in [2.45, 2.75) is 0 Å². The van der Waals surface area contributed by atoms with Crippen molar-refractivity contribution in [3.63, 3.8) is 0 Å². The molecule has 1 aliphatic rings. The van der Waals surface area contributed by atoms with Crippen molar-refractivity contribution >= 4 is 17.5 Å².